The maximum atomic E-state index is 12.3. The Kier molecular flexibility index (Phi) is 6.59. The van der Waals surface area contributed by atoms with Crippen LogP contribution in [-0.2, 0) is 26.1 Å². The molecule has 0 spiro atoms. The van der Waals surface area contributed by atoms with Crippen molar-refractivity contribution in [2.75, 3.05) is 14.2 Å². The highest BCUT2D eigenvalue weighted by molar-refractivity contribution is 7.89. The van der Waals surface area contributed by atoms with Crippen LogP contribution in [0.4, 0.5) is 0 Å². The molecule has 1 atom stereocenters. The van der Waals surface area contributed by atoms with Crippen LogP contribution >= 0.6 is 0 Å². The lowest BCUT2D eigenvalue weighted by Gasteiger charge is -2.14. The zero-order valence-electron chi connectivity index (χ0n) is 15.0. The van der Waals surface area contributed by atoms with Crippen LogP contribution in [0.3, 0.4) is 0 Å². The molecule has 146 valence electrons. The zero-order valence-corrected chi connectivity index (χ0v) is 15.8. The Balaban J connectivity index is 2.08. The Morgan fingerprint density at radius 1 is 1.26 bits per heavy atom. The average Bonchev–Trinajstić information content (AvgIpc) is 3.18. The van der Waals surface area contributed by atoms with Crippen LogP contribution in [0.2, 0.25) is 0 Å². The fourth-order valence-corrected chi connectivity index (χ4v) is 3.06. The lowest BCUT2D eigenvalue weighted by Crippen LogP contribution is -2.35. The second-order valence-electron chi connectivity index (χ2n) is 5.42. The lowest BCUT2D eigenvalue weighted by atomic mass is 10.2. The molecule has 2 rings (SSSR count). The number of rotatable bonds is 8. The van der Waals surface area contributed by atoms with Crippen LogP contribution in [-0.4, -0.2) is 40.6 Å². The molecule has 0 aliphatic rings. The Morgan fingerprint density at radius 2 is 2.00 bits per heavy atom. The van der Waals surface area contributed by atoms with Gasteiger partial charge in [-0.1, -0.05) is 0 Å². The van der Waals surface area contributed by atoms with Gasteiger partial charge in [-0.3, -0.25) is 4.79 Å². The van der Waals surface area contributed by atoms with Gasteiger partial charge in [0.2, 0.25) is 10.0 Å². The monoisotopic (exact) mass is 396 g/mol. The summed E-state index contributed by atoms with van der Waals surface area (Å²) in [4.78, 5) is 24.1. The Bertz CT molecular complexity index is 907. The van der Waals surface area contributed by atoms with Crippen molar-refractivity contribution < 1.29 is 31.9 Å². The number of benzene rings is 1. The van der Waals surface area contributed by atoms with E-state index in [1.54, 1.807) is 12.1 Å². The van der Waals surface area contributed by atoms with Gasteiger partial charge in [0.15, 0.2) is 6.10 Å². The van der Waals surface area contributed by atoms with E-state index in [1.807, 2.05) is 0 Å². The van der Waals surface area contributed by atoms with E-state index in [0.717, 1.165) is 6.07 Å². The maximum absolute atomic E-state index is 12.3. The normalized spacial score (nSPS) is 12.3. The highest BCUT2D eigenvalue weighted by atomic mass is 32.2. The predicted molar refractivity (Wildman–Crippen MR) is 94.7 cm³/mol. The van der Waals surface area contributed by atoms with Gasteiger partial charge in [-0.05, 0) is 44.3 Å². The summed E-state index contributed by atoms with van der Waals surface area (Å²) in [5.74, 6) is -0.730. The molecule has 1 aromatic heterocycles. The molecular weight excluding hydrogens is 376 g/mol. The maximum Gasteiger partial charge on any atom is 0.338 e. The number of carbonyl (C=O) groups is 2. The summed E-state index contributed by atoms with van der Waals surface area (Å²) in [6.07, 6.45) is 0.393. The Morgan fingerprint density at radius 3 is 2.59 bits per heavy atom. The number of carbonyl (C=O) groups excluding carboxylic acids is 2. The molecule has 1 aromatic carbocycles. The van der Waals surface area contributed by atoms with Crippen molar-refractivity contribution in [3.05, 3.63) is 47.9 Å². The number of hydrogen-bond donors (Lipinski definition) is 2. The van der Waals surface area contributed by atoms with Gasteiger partial charge in [0.05, 0.1) is 25.5 Å². The van der Waals surface area contributed by atoms with E-state index in [4.69, 9.17) is 13.9 Å². The Hall–Kier alpha value is -2.85. The molecule has 2 aromatic rings. The van der Waals surface area contributed by atoms with Gasteiger partial charge in [0.25, 0.3) is 5.91 Å². The van der Waals surface area contributed by atoms with Crippen molar-refractivity contribution in [1.29, 1.82) is 0 Å². The first kappa shape index (κ1) is 20.5. The van der Waals surface area contributed by atoms with Gasteiger partial charge in [0.1, 0.15) is 16.4 Å². The van der Waals surface area contributed by atoms with Crippen LogP contribution in [0, 0.1) is 0 Å². The van der Waals surface area contributed by atoms with E-state index < -0.39 is 28.0 Å². The van der Waals surface area contributed by atoms with Crippen molar-refractivity contribution in [2.45, 2.75) is 24.5 Å². The van der Waals surface area contributed by atoms with Gasteiger partial charge in [0, 0.05) is 0 Å². The van der Waals surface area contributed by atoms with Crippen LogP contribution in [0.5, 0.6) is 5.75 Å². The molecule has 0 bridgehead atoms. The third-order valence-electron chi connectivity index (χ3n) is 3.63. The minimum Gasteiger partial charge on any atom is -0.495 e. The quantitative estimate of drug-likeness (QED) is 0.639. The molecule has 0 fully saturated rings. The van der Waals surface area contributed by atoms with E-state index in [9.17, 15) is 18.0 Å². The summed E-state index contributed by atoms with van der Waals surface area (Å²) in [7, 11) is -1.29. The Labute approximate surface area is 156 Å². The molecule has 0 saturated heterocycles. The second kappa shape index (κ2) is 8.69. The summed E-state index contributed by atoms with van der Waals surface area (Å²) in [5.41, 5.74) is -0.0321. The summed E-state index contributed by atoms with van der Waals surface area (Å²) in [6, 6.07) is 7.19. The van der Waals surface area contributed by atoms with Crippen molar-refractivity contribution in [1.82, 2.24) is 10.0 Å². The van der Waals surface area contributed by atoms with E-state index >= 15 is 0 Å². The number of amides is 1. The molecule has 0 aliphatic carbocycles. The summed E-state index contributed by atoms with van der Waals surface area (Å²) in [5, 5.41) is 2.57. The number of hydrogen-bond acceptors (Lipinski definition) is 7. The van der Waals surface area contributed by atoms with Crippen molar-refractivity contribution >= 4 is 21.9 Å². The van der Waals surface area contributed by atoms with Crippen LogP contribution in [0.25, 0.3) is 0 Å². The molecule has 0 unspecified atom stereocenters. The number of ether oxygens (including phenoxy) is 2. The SMILES string of the molecule is CNS(=O)(=O)c1cc(C(=O)O[C@@H](C)C(=O)NCc2ccco2)ccc1OC. The standard InChI is InChI=1S/C17H20N2O7S/c1-11(16(20)19-10-13-5-4-8-25-13)26-17(21)12-6-7-14(24-3)15(9-12)27(22,23)18-2/h4-9,11,18H,10H2,1-3H3,(H,19,20)/t11-/m0/s1. The van der Waals surface area contributed by atoms with Gasteiger partial charge >= 0.3 is 5.97 Å². The second-order valence-corrected chi connectivity index (χ2v) is 7.27. The molecule has 0 aliphatic heterocycles. The summed E-state index contributed by atoms with van der Waals surface area (Å²) in [6.45, 7) is 1.56. The summed E-state index contributed by atoms with van der Waals surface area (Å²) >= 11 is 0. The molecule has 10 heteroatoms. The van der Waals surface area contributed by atoms with Crippen LogP contribution in [0.15, 0.2) is 45.9 Å². The summed E-state index contributed by atoms with van der Waals surface area (Å²) < 4.78 is 41.5. The molecular formula is C17H20N2O7S. The number of furan rings is 1. The molecule has 1 amide bonds. The number of nitrogens with one attached hydrogen (secondary N) is 2. The minimum absolute atomic E-state index is 0.0321. The van der Waals surface area contributed by atoms with Crippen molar-refractivity contribution in [2.24, 2.45) is 0 Å². The zero-order chi connectivity index (χ0) is 20.0. The fourth-order valence-electron chi connectivity index (χ4n) is 2.14. The van der Waals surface area contributed by atoms with Crippen molar-refractivity contribution in [3.8, 4) is 5.75 Å². The third-order valence-corrected chi connectivity index (χ3v) is 5.06. The highest BCUT2D eigenvalue weighted by Gasteiger charge is 2.23. The fraction of sp³-hybridized carbons (Fsp3) is 0.294. The van der Waals surface area contributed by atoms with E-state index in [1.165, 1.54) is 39.5 Å². The lowest BCUT2D eigenvalue weighted by molar-refractivity contribution is -0.129. The van der Waals surface area contributed by atoms with Crippen molar-refractivity contribution in [3.63, 3.8) is 0 Å². The minimum atomic E-state index is -3.85. The van der Waals surface area contributed by atoms with Gasteiger partial charge in [-0.2, -0.15) is 0 Å². The first-order valence-corrected chi connectivity index (χ1v) is 9.39. The first-order chi connectivity index (χ1) is 12.8. The molecule has 2 N–H and O–H groups in total. The molecule has 9 nitrogen and oxygen atoms in total. The smallest absolute Gasteiger partial charge is 0.338 e. The van der Waals surface area contributed by atoms with E-state index in [-0.39, 0.29) is 22.8 Å². The predicted octanol–water partition coefficient (Wildman–Crippen LogP) is 1.06. The van der Waals surface area contributed by atoms with Crippen LogP contribution < -0.4 is 14.8 Å². The topological polar surface area (TPSA) is 124 Å². The average molecular weight is 396 g/mol. The van der Waals surface area contributed by atoms with E-state index in [0.29, 0.717) is 5.76 Å². The van der Waals surface area contributed by atoms with Gasteiger partial charge < -0.3 is 19.2 Å². The number of methoxy groups -OCH3 is 1. The molecule has 1 heterocycles. The van der Waals surface area contributed by atoms with Crippen LogP contribution in [0.1, 0.15) is 23.0 Å². The third kappa shape index (κ3) is 5.08. The largest absolute Gasteiger partial charge is 0.495 e. The first-order valence-electron chi connectivity index (χ1n) is 7.91. The molecule has 27 heavy (non-hydrogen) atoms. The number of sulfonamides is 1. The highest BCUT2D eigenvalue weighted by Crippen LogP contribution is 2.25. The van der Waals surface area contributed by atoms with Gasteiger partial charge in [-0.15, -0.1) is 0 Å². The number of esters is 1. The van der Waals surface area contributed by atoms with Gasteiger partial charge in [-0.25, -0.2) is 17.9 Å². The molecule has 0 radical (unpaired) electrons. The molecule has 0 saturated carbocycles. The van der Waals surface area contributed by atoms with E-state index in [2.05, 4.69) is 10.0 Å².